The van der Waals surface area contributed by atoms with Crippen molar-refractivity contribution < 1.29 is 0 Å². The van der Waals surface area contributed by atoms with Crippen molar-refractivity contribution in [3.8, 4) is 55.9 Å². The molecule has 0 fully saturated rings. The summed E-state index contributed by atoms with van der Waals surface area (Å²) in [4.78, 5) is 4.76. The van der Waals surface area contributed by atoms with Gasteiger partial charge in [0.25, 0.3) is 0 Å². The Bertz CT molecular complexity index is 4450. The molecule has 4 heteroatoms. The molecular formula is C78H54N4. The quantitative estimate of drug-likeness (QED) is 0.121. The van der Waals surface area contributed by atoms with Crippen LogP contribution in [-0.4, -0.2) is 9.13 Å². The molecule has 15 rings (SSSR count). The van der Waals surface area contributed by atoms with E-state index in [9.17, 15) is 0 Å². The molecule has 0 bridgehead atoms. The lowest BCUT2D eigenvalue weighted by molar-refractivity contribution is 1.18. The first-order valence-electron chi connectivity index (χ1n) is 28.1. The van der Waals surface area contributed by atoms with E-state index in [1.807, 2.05) is 0 Å². The molecule has 386 valence electrons. The van der Waals surface area contributed by atoms with Gasteiger partial charge in [0.2, 0.25) is 0 Å². The van der Waals surface area contributed by atoms with E-state index in [2.05, 4.69) is 347 Å². The van der Waals surface area contributed by atoms with Gasteiger partial charge in [0, 0.05) is 67.0 Å². The Hall–Kier alpha value is -10.9. The van der Waals surface area contributed by atoms with Crippen LogP contribution in [0.3, 0.4) is 0 Å². The van der Waals surface area contributed by atoms with Crippen LogP contribution in [0.4, 0.5) is 34.1 Å². The molecule has 82 heavy (non-hydrogen) atoms. The standard InChI is InChI=1S/C78H54N4/c1-5-19-55(20-6-1)57-35-41-65(42-36-57)79(69-29-17-23-59(51-69)61-39-49-77-73(53-61)71-31-13-15-33-75(71)81(77)63-25-9-3-10-26-63)67-45-47-68(48-46-67)80(66-43-37-58(38-44-66)56-21-7-2-8-22-56)70-30-18-24-60(52-70)62-40-50-78-74(54-62)72-32-14-16-34-76(72)82(78)64-27-11-4-12-28-64/h1-54H. The highest BCUT2D eigenvalue weighted by molar-refractivity contribution is 6.12. The van der Waals surface area contributed by atoms with Gasteiger partial charge < -0.3 is 18.9 Å². The maximum Gasteiger partial charge on any atom is 0.0541 e. The number of anilines is 6. The fourth-order valence-corrected chi connectivity index (χ4v) is 12.2. The average molecular weight is 1050 g/mol. The van der Waals surface area contributed by atoms with Crippen LogP contribution in [-0.2, 0) is 0 Å². The van der Waals surface area contributed by atoms with Crippen LogP contribution < -0.4 is 9.80 Å². The van der Waals surface area contributed by atoms with E-state index in [0.29, 0.717) is 0 Å². The zero-order valence-corrected chi connectivity index (χ0v) is 45.0. The Morgan fingerprint density at radius 2 is 0.451 bits per heavy atom. The van der Waals surface area contributed by atoms with Crippen LogP contribution in [0.2, 0.25) is 0 Å². The second-order valence-electron chi connectivity index (χ2n) is 21.0. The van der Waals surface area contributed by atoms with E-state index in [1.54, 1.807) is 0 Å². The van der Waals surface area contributed by atoms with Crippen LogP contribution in [0.25, 0.3) is 99.5 Å². The van der Waals surface area contributed by atoms with E-state index < -0.39 is 0 Å². The number of aromatic nitrogens is 2. The summed E-state index contributed by atoms with van der Waals surface area (Å²) in [6.07, 6.45) is 0. The number of fused-ring (bicyclic) bond motifs is 6. The Kier molecular flexibility index (Phi) is 12.2. The van der Waals surface area contributed by atoms with Gasteiger partial charge in [-0.2, -0.15) is 0 Å². The van der Waals surface area contributed by atoms with Crippen molar-refractivity contribution in [2.75, 3.05) is 9.80 Å². The molecule has 15 aromatic rings. The Morgan fingerprint density at radius 3 is 0.841 bits per heavy atom. The molecule has 0 N–H and O–H groups in total. The van der Waals surface area contributed by atoms with Crippen molar-refractivity contribution in [2.24, 2.45) is 0 Å². The predicted molar refractivity (Wildman–Crippen MR) is 346 cm³/mol. The van der Waals surface area contributed by atoms with Gasteiger partial charge in [0.05, 0.1) is 22.1 Å². The zero-order valence-electron chi connectivity index (χ0n) is 45.0. The maximum atomic E-state index is 2.38. The molecule has 4 nitrogen and oxygen atoms in total. The van der Waals surface area contributed by atoms with Gasteiger partial charge in [0.1, 0.15) is 0 Å². The van der Waals surface area contributed by atoms with Crippen molar-refractivity contribution in [2.45, 2.75) is 0 Å². The van der Waals surface area contributed by atoms with Gasteiger partial charge in [-0.25, -0.2) is 0 Å². The third kappa shape index (κ3) is 8.76. The maximum absolute atomic E-state index is 2.38. The first-order chi connectivity index (χ1) is 40.7. The van der Waals surface area contributed by atoms with E-state index in [1.165, 1.54) is 65.9 Å². The Balaban J connectivity index is 0.834. The van der Waals surface area contributed by atoms with Crippen molar-refractivity contribution in [3.63, 3.8) is 0 Å². The second kappa shape index (κ2) is 20.7. The zero-order chi connectivity index (χ0) is 54.3. The van der Waals surface area contributed by atoms with Crippen LogP contribution >= 0.6 is 0 Å². The number of nitrogens with zero attached hydrogens (tertiary/aromatic N) is 4. The molecule has 0 spiro atoms. The fourth-order valence-electron chi connectivity index (χ4n) is 12.2. The summed E-state index contributed by atoms with van der Waals surface area (Å²) in [5, 5.41) is 4.92. The summed E-state index contributed by atoms with van der Waals surface area (Å²) in [7, 11) is 0. The summed E-state index contributed by atoms with van der Waals surface area (Å²) in [6, 6.07) is 119. The fraction of sp³-hybridized carbons (Fsp3) is 0. The van der Waals surface area contributed by atoms with Gasteiger partial charge in [-0.05, 0) is 178 Å². The molecule has 0 amide bonds. The monoisotopic (exact) mass is 1050 g/mol. The molecule has 13 aromatic carbocycles. The highest BCUT2D eigenvalue weighted by Gasteiger charge is 2.20. The molecule has 0 aliphatic carbocycles. The smallest absolute Gasteiger partial charge is 0.0541 e. The molecule has 0 unspecified atom stereocenters. The molecule has 0 aliphatic heterocycles. The third-order valence-electron chi connectivity index (χ3n) is 16.1. The largest absolute Gasteiger partial charge is 0.310 e. The summed E-state index contributed by atoms with van der Waals surface area (Å²) in [6.45, 7) is 0. The lowest BCUT2D eigenvalue weighted by Gasteiger charge is -2.29. The average Bonchev–Trinajstić information content (AvgIpc) is 4.27. The molecule has 0 atom stereocenters. The summed E-state index contributed by atoms with van der Waals surface area (Å²) < 4.78 is 4.75. The summed E-state index contributed by atoms with van der Waals surface area (Å²) in [5.41, 5.74) is 22.7. The summed E-state index contributed by atoms with van der Waals surface area (Å²) in [5.74, 6) is 0. The molecule has 0 radical (unpaired) electrons. The number of para-hydroxylation sites is 4. The lowest BCUT2D eigenvalue weighted by atomic mass is 10.0. The highest BCUT2D eigenvalue weighted by atomic mass is 15.2. The van der Waals surface area contributed by atoms with Crippen molar-refractivity contribution in [3.05, 3.63) is 328 Å². The first kappa shape index (κ1) is 48.2. The van der Waals surface area contributed by atoms with Gasteiger partial charge >= 0.3 is 0 Å². The van der Waals surface area contributed by atoms with E-state index in [-0.39, 0.29) is 0 Å². The van der Waals surface area contributed by atoms with Crippen LogP contribution in [0.5, 0.6) is 0 Å². The molecule has 0 aliphatic rings. The number of benzene rings is 13. The Labute approximate surface area is 477 Å². The predicted octanol–water partition coefficient (Wildman–Crippen LogP) is 21.5. The normalized spacial score (nSPS) is 11.4. The second-order valence-corrected chi connectivity index (χ2v) is 21.0. The van der Waals surface area contributed by atoms with E-state index in [4.69, 9.17) is 0 Å². The number of hydrogen-bond donors (Lipinski definition) is 0. The van der Waals surface area contributed by atoms with Crippen molar-refractivity contribution >= 4 is 77.7 Å². The van der Waals surface area contributed by atoms with Crippen molar-refractivity contribution in [1.29, 1.82) is 0 Å². The minimum Gasteiger partial charge on any atom is -0.310 e. The number of rotatable bonds is 12. The molecule has 0 saturated heterocycles. The topological polar surface area (TPSA) is 16.3 Å². The molecular weight excluding hydrogens is 993 g/mol. The van der Waals surface area contributed by atoms with Gasteiger partial charge in [0.15, 0.2) is 0 Å². The van der Waals surface area contributed by atoms with Crippen molar-refractivity contribution in [1.82, 2.24) is 9.13 Å². The number of hydrogen-bond acceptors (Lipinski definition) is 2. The minimum atomic E-state index is 1.05. The summed E-state index contributed by atoms with van der Waals surface area (Å²) >= 11 is 0. The van der Waals surface area contributed by atoms with E-state index >= 15 is 0 Å². The van der Waals surface area contributed by atoms with Gasteiger partial charge in [-0.15, -0.1) is 0 Å². The SMILES string of the molecule is c1ccc(-c2ccc(N(c3ccc(N(c4ccc(-c5ccccc5)cc4)c4cccc(-c5ccc6c(c5)c5ccccc5n6-c5ccccc5)c4)cc3)c3cccc(-c4ccc5c(c4)c4ccccc4n5-c4ccccc4)c3)cc2)cc1. The first-order valence-corrected chi connectivity index (χ1v) is 28.1. The van der Waals surface area contributed by atoms with Crippen LogP contribution in [0.15, 0.2) is 328 Å². The molecule has 0 saturated carbocycles. The lowest BCUT2D eigenvalue weighted by Crippen LogP contribution is -2.12. The molecule has 2 aromatic heterocycles. The van der Waals surface area contributed by atoms with E-state index in [0.717, 1.165) is 67.8 Å². The van der Waals surface area contributed by atoms with Crippen LogP contribution in [0.1, 0.15) is 0 Å². The third-order valence-corrected chi connectivity index (χ3v) is 16.1. The Morgan fingerprint density at radius 1 is 0.171 bits per heavy atom. The van der Waals surface area contributed by atoms with Gasteiger partial charge in [-0.3, -0.25) is 0 Å². The molecule has 2 heterocycles. The minimum absolute atomic E-state index is 1.05. The van der Waals surface area contributed by atoms with Crippen LogP contribution in [0, 0.1) is 0 Å². The van der Waals surface area contributed by atoms with Gasteiger partial charge in [-0.1, -0.05) is 194 Å². The highest BCUT2D eigenvalue weighted by Crippen LogP contribution is 2.44.